The van der Waals surface area contributed by atoms with Crippen LogP contribution in [-0.4, -0.2) is 54.3 Å². The minimum Gasteiger partial charge on any atom is -0.462 e. The number of rotatable bonds is 8. The zero-order valence-corrected chi connectivity index (χ0v) is 19.5. The number of nitrogens with zero attached hydrogens (tertiary/aromatic N) is 6. The van der Waals surface area contributed by atoms with Gasteiger partial charge in [-0.3, -0.25) is 9.59 Å². The molecule has 34 heavy (non-hydrogen) atoms. The number of hydrogen-bond acceptors (Lipinski definition) is 9. The van der Waals surface area contributed by atoms with Crippen LogP contribution in [0.25, 0.3) is 11.4 Å². The Kier molecular flexibility index (Phi) is 6.59. The number of anilines is 1. The van der Waals surface area contributed by atoms with E-state index in [0.717, 1.165) is 16.9 Å². The highest BCUT2D eigenvalue weighted by Gasteiger charge is 2.26. The van der Waals surface area contributed by atoms with E-state index >= 15 is 0 Å². The number of carbonyl (C=O) groups excluding carboxylic acids is 3. The van der Waals surface area contributed by atoms with Crippen LogP contribution in [0.4, 0.5) is 5.00 Å². The molecule has 3 heterocycles. The number of Topliss-reactive ketones (excluding diaryl/α,β-unsaturated/α-hetero) is 1. The number of ketones is 1. The van der Waals surface area contributed by atoms with Crippen LogP contribution < -0.4 is 5.32 Å². The lowest BCUT2D eigenvalue weighted by atomic mass is 10.1. The van der Waals surface area contributed by atoms with E-state index in [-0.39, 0.29) is 35.3 Å². The average molecular weight is 480 g/mol. The largest absolute Gasteiger partial charge is 0.462 e. The van der Waals surface area contributed by atoms with Gasteiger partial charge in [0.25, 0.3) is 5.91 Å². The van der Waals surface area contributed by atoms with E-state index in [1.54, 1.807) is 20.0 Å². The molecule has 0 bridgehead atoms. The summed E-state index contributed by atoms with van der Waals surface area (Å²) >= 11 is 1.03. The molecule has 1 aromatic carbocycles. The highest BCUT2D eigenvalue weighted by atomic mass is 32.1. The number of thiophene rings is 1. The van der Waals surface area contributed by atoms with E-state index in [2.05, 4.69) is 25.8 Å². The van der Waals surface area contributed by atoms with Gasteiger partial charge in [-0.1, -0.05) is 30.3 Å². The lowest BCUT2D eigenvalue weighted by Crippen LogP contribution is -2.17. The van der Waals surface area contributed by atoms with Crippen molar-refractivity contribution in [2.45, 2.75) is 27.4 Å². The average Bonchev–Trinajstić information content (AvgIpc) is 3.54. The first-order valence-corrected chi connectivity index (χ1v) is 11.2. The molecule has 0 saturated heterocycles. The first kappa shape index (κ1) is 23.0. The fourth-order valence-electron chi connectivity index (χ4n) is 3.25. The summed E-state index contributed by atoms with van der Waals surface area (Å²) in [5.41, 5.74) is 1.60. The van der Waals surface area contributed by atoms with Crippen molar-refractivity contribution in [3.63, 3.8) is 0 Å². The molecule has 11 nitrogen and oxygen atoms in total. The molecule has 1 N–H and O–H groups in total. The van der Waals surface area contributed by atoms with Gasteiger partial charge in [-0.05, 0) is 37.6 Å². The minimum absolute atomic E-state index is 0.119. The first-order chi connectivity index (χ1) is 16.4. The number of tetrazole rings is 1. The number of nitrogens with one attached hydrogen (secondary N) is 1. The molecule has 0 aliphatic heterocycles. The molecule has 3 aromatic heterocycles. The van der Waals surface area contributed by atoms with E-state index in [9.17, 15) is 14.4 Å². The number of carbonyl (C=O) groups is 3. The Hall–Kier alpha value is -4.19. The molecule has 1 amide bonds. The summed E-state index contributed by atoms with van der Waals surface area (Å²) in [5, 5.41) is 19.6. The number of esters is 1. The standard InChI is InChI=1S/C22H21N7O4S/c1-4-33-22(32)17-13(2)18(14(3)30)34-21(17)23-20(31)16-10-11-28(25-16)12-29-26-19(24-27-29)15-8-6-5-7-9-15/h5-11H,4,12H2,1-3H3,(H,23,31). The molecular formula is C22H21N7O4S. The van der Waals surface area contributed by atoms with E-state index in [1.807, 2.05) is 30.3 Å². The monoisotopic (exact) mass is 479 g/mol. The molecule has 0 unspecified atom stereocenters. The van der Waals surface area contributed by atoms with Crippen LogP contribution in [-0.2, 0) is 11.4 Å². The Morgan fingerprint density at radius 1 is 1.12 bits per heavy atom. The summed E-state index contributed by atoms with van der Waals surface area (Å²) in [6.07, 6.45) is 1.60. The molecule has 4 rings (SSSR count). The number of hydrogen-bond donors (Lipinski definition) is 1. The van der Waals surface area contributed by atoms with Gasteiger partial charge in [-0.2, -0.15) is 5.10 Å². The molecular weight excluding hydrogens is 458 g/mol. The highest BCUT2D eigenvalue weighted by molar-refractivity contribution is 7.18. The Morgan fingerprint density at radius 3 is 2.59 bits per heavy atom. The van der Waals surface area contributed by atoms with Crippen LogP contribution in [0.3, 0.4) is 0 Å². The van der Waals surface area contributed by atoms with Crippen molar-refractivity contribution in [3.8, 4) is 11.4 Å². The van der Waals surface area contributed by atoms with Gasteiger partial charge >= 0.3 is 5.97 Å². The number of ether oxygens (including phenoxy) is 1. The summed E-state index contributed by atoms with van der Waals surface area (Å²) in [6, 6.07) is 11.0. The molecule has 0 spiro atoms. The molecule has 0 saturated carbocycles. The van der Waals surface area contributed by atoms with Gasteiger partial charge in [0, 0.05) is 11.8 Å². The van der Waals surface area contributed by atoms with Crippen LogP contribution in [0, 0.1) is 6.92 Å². The predicted octanol–water partition coefficient (Wildman–Crippen LogP) is 3.04. The van der Waals surface area contributed by atoms with Crippen LogP contribution in [0.2, 0.25) is 0 Å². The van der Waals surface area contributed by atoms with Crippen molar-refractivity contribution in [2.75, 3.05) is 11.9 Å². The molecule has 0 aliphatic carbocycles. The van der Waals surface area contributed by atoms with Gasteiger partial charge in [0.2, 0.25) is 5.82 Å². The van der Waals surface area contributed by atoms with Crippen molar-refractivity contribution >= 4 is 34.0 Å². The summed E-state index contributed by atoms with van der Waals surface area (Å²) in [5.74, 6) is -0.854. The lowest BCUT2D eigenvalue weighted by Gasteiger charge is -2.06. The maximum absolute atomic E-state index is 12.8. The summed E-state index contributed by atoms with van der Waals surface area (Å²) in [4.78, 5) is 38.9. The van der Waals surface area contributed by atoms with Gasteiger partial charge < -0.3 is 10.1 Å². The Labute approximate surface area is 198 Å². The zero-order chi connectivity index (χ0) is 24.2. The normalized spacial score (nSPS) is 10.8. The molecule has 0 aliphatic rings. The fourth-order valence-corrected chi connectivity index (χ4v) is 4.34. The summed E-state index contributed by atoms with van der Waals surface area (Å²) in [7, 11) is 0. The smallest absolute Gasteiger partial charge is 0.341 e. The summed E-state index contributed by atoms with van der Waals surface area (Å²) in [6.45, 7) is 5.06. The Balaban J connectivity index is 1.50. The highest BCUT2D eigenvalue weighted by Crippen LogP contribution is 2.34. The lowest BCUT2D eigenvalue weighted by molar-refractivity contribution is 0.0527. The van der Waals surface area contributed by atoms with Crippen LogP contribution in [0.1, 0.15) is 49.9 Å². The second kappa shape index (κ2) is 9.75. The molecule has 4 aromatic rings. The number of aromatic nitrogens is 6. The number of amides is 1. The van der Waals surface area contributed by atoms with Gasteiger partial charge in [-0.25, -0.2) is 9.48 Å². The van der Waals surface area contributed by atoms with Gasteiger partial charge in [0.05, 0.1) is 17.0 Å². The van der Waals surface area contributed by atoms with Crippen LogP contribution in [0.15, 0.2) is 42.6 Å². The third kappa shape index (κ3) is 4.76. The Morgan fingerprint density at radius 2 is 1.88 bits per heavy atom. The topological polar surface area (TPSA) is 134 Å². The quantitative estimate of drug-likeness (QED) is 0.301. The van der Waals surface area contributed by atoms with E-state index < -0.39 is 11.9 Å². The minimum atomic E-state index is -0.601. The first-order valence-electron chi connectivity index (χ1n) is 10.4. The van der Waals surface area contributed by atoms with E-state index in [0.29, 0.717) is 16.3 Å². The molecule has 0 radical (unpaired) electrons. The van der Waals surface area contributed by atoms with E-state index in [4.69, 9.17) is 4.74 Å². The fraction of sp³-hybridized carbons (Fsp3) is 0.227. The SMILES string of the molecule is CCOC(=O)c1c(NC(=O)c2ccn(Cn3nnc(-c4ccccc4)n3)n2)sc(C(C)=O)c1C. The number of benzene rings is 1. The maximum atomic E-state index is 12.8. The van der Waals surface area contributed by atoms with Crippen molar-refractivity contribution in [1.29, 1.82) is 0 Å². The van der Waals surface area contributed by atoms with Crippen LogP contribution >= 0.6 is 11.3 Å². The maximum Gasteiger partial charge on any atom is 0.341 e. The van der Waals surface area contributed by atoms with Gasteiger partial charge in [0.15, 0.2) is 18.1 Å². The second-order valence-electron chi connectivity index (χ2n) is 7.22. The molecule has 12 heteroatoms. The molecule has 174 valence electrons. The predicted molar refractivity (Wildman–Crippen MR) is 124 cm³/mol. The van der Waals surface area contributed by atoms with Crippen LogP contribution in [0.5, 0.6) is 0 Å². The zero-order valence-electron chi connectivity index (χ0n) is 18.7. The van der Waals surface area contributed by atoms with Crippen molar-refractivity contribution in [3.05, 3.63) is 64.3 Å². The van der Waals surface area contributed by atoms with Crippen molar-refractivity contribution in [1.82, 2.24) is 30.0 Å². The van der Waals surface area contributed by atoms with Crippen molar-refractivity contribution in [2.24, 2.45) is 0 Å². The van der Waals surface area contributed by atoms with Gasteiger partial charge in [0.1, 0.15) is 5.00 Å². The summed E-state index contributed by atoms with van der Waals surface area (Å²) < 4.78 is 6.58. The Bertz CT molecular complexity index is 1360. The molecule has 0 fully saturated rings. The van der Waals surface area contributed by atoms with Gasteiger partial charge in [-0.15, -0.1) is 26.3 Å². The van der Waals surface area contributed by atoms with E-state index in [1.165, 1.54) is 22.5 Å². The third-order valence-electron chi connectivity index (χ3n) is 4.80. The second-order valence-corrected chi connectivity index (χ2v) is 8.24. The third-order valence-corrected chi connectivity index (χ3v) is 6.11. The van der Waals surface area contributed by atoms with Crippen molar-refractivity contribution < 1.29 is 19.1 Å². The molecule has 0 atom stereocenters.